The molecule has 21 heavy (non-hydrogen) atoms. The van der Waals surface area contributed by atoms with Crippen LogP contribution in [0.25, 0.3) is 0 Å². The number of benzene rings is 2. The third kappa shape index (κ3) is 3.00. The highest BCUT2D eigenvalue weighted by atomic mass is 19.1. The first kappa shape index (κ1) is 15.3. The van der Waals surface area contributed by atoms with E-state index in [4.69, 9.17) is 15.2 Å². The molecule has 0 amide bonds. The van der Waals surface area contributed by atoms with Gasteiger partial charge in [0.25, 0.3) is 0 Å². The van der Waals surface area contributed by atoms with Crippen LogP contribution in [-0.4, -0.2) is 14.2 Å². The fraction of sp³-hybridized carbons (Fsp3) is 0.294. The molecule has 0 aliphatic heterocycles. The molecular formula is C17H20FNO2. The van der Waals surface area contributed by atoms with Gasteiger partial charge in [-0.2, -0.15) is 0 Å². The molecule has 1 unspecified atom stereocenters. The Morgan fingerprint density at radius 1 is 0.905 bits per heavy atom. The standard InChI is InChI=1S/C17H20FNO2/c1-10-7-12(18)5-6-13(10)17(19)14-9-16(21-4)15(20-3)8-11(14)2/h5-9,17H,19H2,1-4H3. The van der Waals surface area contributed by atoms with Crippen LogP contribution in [0.5, 0.6) is 11.5 Å². The summed E-state index contributed by atoms with van der Waals surface area (Å²) in [7, 11) is 3.19. The Morgan fingerprint density at radius 3 is 2.05 bits per heavy atom. The van der Waals surface area contributed by atoms with Crippen molar-refractivity contribution in [3.63, 3.8) is 0 Å². The average Bonchev–Trinajstić information content (AvgIpc) is 2.46. The smallest absolute Gasteiger partial charge is 0.161 e. The number of hydrogen-bond donors (Lipinski definition) is 1. The third-order valence-electron chi connectivity index (χ3n) is 3.67. The maximum atomic E-state index is 13.2. The lowest BCUT2D eigenvalue weighted by Gasteiger charge is -2.19. The van der Waals surface area contributed by atoms with Gasteiger partial charge >= 0.3 is 0 Å². The molecule has 2 N–H and O–H groups in total. The van der Waals surface area contributed by atoms with Crippen LogP contribution in [0.4, 0.5) is 4.39 Å². The summed E-state index contributed by atoms with van der Waals surface area (Å²) in [5.74, 6) is 1.04. The lowest BCUT2D eigenvalue weighted by atomic mass is 9.92. The average molecular weight is 289 g/mol. The van der Waals surface area contributed by atoms with Gasteiger partial charge in [0.2, 0.25) is 0 Å². The minimum Gasteiger partial charge on any atom is -0.493 e. The number of hydrogen-bond acceptors (Lipinski definition) is 3. The van der Waals surface area contributed by atoms with E-state index in [-0.39, 0.29) is 11.9 Å². The van der Waals surface area contributed by atoms with Crippen molar-refractivity contribution in [2.24, 2.45) is 5.73 Å². The summed E-state index contributed by atoms with van der Waals surface area (Å²) < 4.78 is 23.8. The second-order valence-electron chi connectivity index (χ2n) is 5.04. The van der Waals surface area contributed by atoms with Gasteiger partial charge < -0.3 is 15.2 Å². The van der Waals surface area contributed by atoms with Crippen molar-refractivity contribution in [2.75, 3.05) is 14.2 Å². The van der Waals surface area contributed by atoms with E-state index in [0.717, 1.165) is 22.3 Å². The van der Waals surface area contributed by atoms with Crippen LogP contribution in [0.3, 0.4) is 0 Å². The fourth-order valence-electron chi connectivity index (χ4n) is 2.49. The maximum absolute atomic E-state index is 13.2. The first-order chi connectivity index (χ1) is 9.97. The quantitative estimate of drug-likeness (QED) is 0.936. The Morgan fingerprint density at radius 2 is 1.48 bits per heavy atom. The maximum Gasteiger partial charge on any atom is 0.161 e. The van der Waals surface area contributed by atoms with Crippen LogP contribution < -0.4 is 15.2 Å². The summed E-state index contributed by atoms with van der Waals surface area (Å²) in [4.78, 5) is 0. The zero-order valence-corrected chi connectivity index (χ0v) is 12.7. The molecule has 0 radical (unpaired) electrons. The summed E-state index contributed by atoms with van der Waals surface area (Å²) in [6.07, 6.45) is 0. The molecular weight excluding hydrogens is 269 g/mol. The van der Waals surface area contributed by atoms with Gasteiger partial charge in [0.15, 0.2) is 11.5 Å². The predicted octanol–water partition coefficient (Wildman–Crippen LogP) is 3.51. The Labute approximate surface area is 124 Å². The summed E-state index contributed by atoms with van der Waals surface area (Å²) in [6, 6.07) is 8.08. The second-order valence-corrected chi connectivity index (χ2v) is 5.04. The molecule has 0 fully saturated rings. The fourth-order valence-corrected chi connectivity index (χ4v) is 2.49. The van der Waals surface area contributed by atoms with Crippen LogP contribution in [-0.2, 0) is 0 Å². The van der Waals surface area contributed by atoms with Crippen molar-refractivity contribution in [1.29, 1.82) is 0 Å². The lowest BCUT2D eigenvalue weighted by molar-refractivity contribution is 0.354. The molecule has 4 heteroatoms. The predicted molar refractivity (Wildman–Crippen MR) is 81.5 cm³/mol. The monoisotopic (exact) mass is 289 g/mol. The van der Waals surface area contributed by atoms with Gasteiger partial charge in [-0.05, 0) is 60.4 Å². The van der Waals surface area contributed by atoms with E-state index in [1.54, 1.807) is 20.3 Å². The zero-order valence-electron chi connectivity index (χ0n) is 12.7. The third-order valence-corrected chi connectivity index (χ3v) is 3.67. The molecule has 0 saturated heterocycles. The Balaban J connectivity index is 2.50. The highest BCUT2D eigenvalue weighted by Gasteiger charge is 2.17. The van der Waals surface area contributed by atoms with E-state index in [0.29, 0.717) is 11.5 Å². The molecule has 2 aromatic carbocycles. The number of ether oxygens (including phenoxy) is 2. The highest BCUT2D eigenvalue weighted by molar-refractivity contribution is 5.50. The molecule has 0 saturated carbocycles. The van der Waals surface area contributed by atoms with Crippen molar-refractivity contribution in [3.8, 4) is 11.5 Å². The first-order valence-corrected chi connectivity index (χ1v) is 6.72. The molecule has 0 aliphatic rings. The van der Waals surface area contributed by atoms with E-state index in [1.165, 1.54) is 12.1 Å². The molecule has 2 aromatic rings. The van der Waals surface area contributed by atoms with Crippen LogP contribution in [0, 0.1) is 19.7 Å². The minimum atomic E-state index is -0.342. The van der Waals surface area contributed by atoms with Gasteiger partial charge in [-0.1, -0.05) is 6.07 Å². The van der Waals surface area contributed by atoms with E-state index in [9.17, 15) is 4.39 Å². The Hall–Kier alpha value is -2.07. The molecule has 112 valence electrons. The topological polar surface area (TPSA) is 44.5 Å². The summed E-state index contributed by atoms with van der Waals surface area (Å²) in [5.41, 5.74) is 10.0. The van der Waals surface area contributed by atoms with E-state index in [2.05, 4.69) is 0 Å². The molecule has 2 rings (SSSR count). The number of nitrogens with two attached hydrogens (primary N) is 1. The number of aryl methyl sites for hydroxylation is 2. The van der Waals surface area contributed by atoms with Crippen molar-refractivity contribution in [1.82, 2.24) is 0 Å². The van der Waals surface area contributed by atoms with Crippen LogP contribution in [0.1, 0.15) is 28.3 Å². The zero-order chi connectivity index (χ0) is 15.6. The van der Waals surface area contributed by atoms with Crippen LogP contribution in [0.2, 0.25) is 0 Å². The molecule has 0 bridgehead atoms. The Kier molecular flexibility index (Phi) is 4.48. The second kappa shape index (κ2) is 6.14. The van der Waals surface area contributed by atoms with Gasteiger partial charge in [0, 0.05) is 0 Å². The molecule has 0 spiro atoms. The number of rotatable bonds is 4. The summed E-state index contributed by atoms with van der Waals surface area (Å²) in [5, 5.41) is 0. The Bertz CT molecular complexity index is 655. The van der Waals surface area contributed by atoms with Crippen molar-refractivity contribution in [3.05, 3.63) is 58.4 Å². The minimum absolute atomic E-state index is 0.257. The van der Waals surface area contributed by atoms with Crippen molar-refractivity contribution in [2.45, 2.75) is 19.9 Å². The van der Waals surface area contributed by atoms with Crippen molar-refractivity contribution >= 4 is 0 Å². The molecule has 3 nitrogen and oxygen atoms in total. The van der Waals surface area contributed by atoms with E-state index in [1.807, 2.05) is 26.0 Å². The van der Waals surface area contributed by atoms with E-state index < -0.39 is 0 Å². The largest absolute Gasteiger partial charge is 0.493 e. The normalized spacial score (nSPS) is 12.1. The molecule has 0 heterocycles. The summed E-state index contributed by atoms with van der Waals surface area (Å²) >= 11 is 0. The molecule has 0 aliphatic carbocycles. The molecule has 1 atom stereocenters. The lowest BCUT2D eigenvalue weighted by Crippen LogP contribution is -2.15. The van der Waals surface area contributed by atoms with Gasteiger partial charge in [-0.25, -0.2) is 4.39 Å². The SMILES string of the molecule is COc1cc(C)c(C(N)c2ccc(F)cc2C)cc1OC. The highest BCUT2D eigenvalue weighted by Crippen LogP contribution is 2.34. The van der Waals surface area contributed by atoms with Crippen LogP contribution >= 0.6 is 0 Å². The molecule has 0 aromatic heterocycles. The van der Waals surface area contributed by atoms with Gasteiger partial charge in [0.05, 0.1) is 20.3 Å². The first-order valence-electron chi connectivity index (χ1n) is 6.72. The summed E-state index contributed by atoms with van der Waals surface area (Å²) in [6.45, 7) is 3.82. The van der Waals surface area contributed by atoms with Crippen LogP contribution in [0.15, 0.2) is 30.3 Å². The van der Waals surface area contributed by atoms with Crippen molar-refractivity contribution < 1.29 is 13.9 Å². The number of methoxy groups -OCH3 is 2. The van der Waals surface area contributed by atoms with Gasteiger partial charge in [0.1, 0.15) is 5.82 Å². The number of halogens is 1. The van der Waals surface area contributed by atoms with E-state index >= 15 is 0 Å². The van der Waals surface area contributed by atoms with Gasteiger partial charge in [-0.15, -0.1) is 0 Å². The van der Waals surface area contributed by atoms with Gasteiger partial charge in [-0.3, -0.25) is 0 Å².